The number of ether oxygens (including phenoxy) is 1. The van der Waals surface area contributed by atoms with Crippen LogP contribution in [-0.2, 0) is 0 Å². The van der Waals surface area contributed by atoms with Gasteiger partial charge in [0, 0.05) is 31.1 Å². The monoisotopic (exact) mass is 412 g/mol. The van der Waals surface area contributed by atoms with Crippen molar-refractivity contribution in [3.8, 4) is 5.75 Å². The zero-order valence-corrected chi connectivity index (χ0v) is 15.4. The number of thiophene rings is 1. The van der Waals surface area contributed by atoms with Gasteiger partial charge in [-0.3, -0.25) is 4.90 Å². The first-order valence-corrected chi connectivity index (χ1v) is 8.67. The number of hydrogen-bond acceptors (Lipinski definition) is 4. The minimum atomic E-state index is -4.70. The molecule has 1 saturated heterocycles. The summed E-state index contributed by atoms with van der Waals surface area (Å²) in [6, 6.07) is 9.77. The predicted molar refractivity (Wildman–Crippen MR) is 96.0 cm³/mol. The van der Waals surface area contributed by atoms with Crippen LogP contribution >= 0.6 is 35.3 Å². The summed E-state index contributed by atoms with van der Waals surface area (Å²) < 4.78 is 42.2. The fraction of sp³-hybridized carbons (Fsp3) is 0.375. The van der Waals surface area contributed by atoms with Crippen LogP contribution in [0.5, 0.6) is 5.75 Å². The second kappa shape index (κ2) is 8.60. The van der Waals surface area contributed by atoms with Crippen LogP contribution in [0.2, 0.25) is 4.34 Å². The largest absolute Gasteiger partial charge is 0.573 e. The molecule has 2 aromatic rings. The SMILES string of the molecule is Cl.FC(F)(F)Oc1cccc([C@@H](c2ccc(Cl)s2)N2CCNCC2)c1. The first kappa shape index (κ1) is 20.3. The summed E-state index contributed by atoms with van der Waals surface area (Å²) in [5, 5.41) is 3.28. The third-order valence-electron chi connectivity index (χ3n) is 3.79. The lowest BCUT2D eigenvalue weighted by atomic mass is 10.0. The number of nitrogens with zero attached hydrogens (tertiary/aromatic N) is 1. The van der Waals surface area contributed by atoms with Gasteiger partial charge in [0.1, 0.15) is 5.75 Å². The van der Waals surface area contributed by atoms with Crippen LogP contribution in [0.15, 0.2) is 36.4 Å². The van der Waals surface area contributed by atoms with E-state index < -0.39 is 6.36 Å². The normalized spacial score (nSPS) is 17.0. The molecule has 1 aliphatic heterocycles. The highest BCUT2D eigenvalue weighted by molar-refractivity contribution is 7.16. The van der Waals surface area contributed by atoms with Crippen LogP contribution in [0.25, 0.3) is 0 Å². The van der Waals surface area contributed by atoms with E-state index in [2.05, 4.69) is 15.0 Å². The quantitative estimate of drug-likeness (QED) is 0.786. The number of halogens is 5. The Bertz CT molecular complexity index is 690. The highest BCUT2D eigenvalue weighted by Gasteiger charge is 2.32. The van der Waals surface area contributed by atoms with E-state index in [0.717, 1.165) is 36.6 Å². The third-order valence-corrected chi connectivity index (χ3v) is 5.07. The number of benzene rings is 1. The zero-order valence-electron chi connectivity index (χ0n) is 13.1. The Morgan fingerprint density at radius 1 is 1.16 bits per heavy atom. The summed E-state index contributed by atoms with van der Waals surface area (Å²) in [6.07, 6.45) is -4.70. The molecule has 0 radical (unpaired) electrons. The van der Waals surface area contributed by atoms with E-state index in [1.54, 1.807) is 6.07 Å². The molecule has 2 heterocycles. The lowest BCUT2D eigenvalue weighted by Crippen LogP contribution is -2.45. The van der Waals surface area contributed by atoms with Crippen LogP contribution in [-0.4, -0.2) is 37.4 Å². The zero-order chi connectivity index (χ0) is 17.2. The van der Waals surface area contributed by atoms with Gasteiger partial charge in [0.2, 0.25) is 0 Å². The smallest absolute Gasteiger partial charge is 0.406 e. The Labute approximate surface area is 159 Å². The average Bonchev–Trinajstić information content (AvgIpc) is 2.93. The van der Waals surface area contributed by atoms with Gasteiger partial charge in [-0.15, -0.1) is 36.9 Å². The number of nitrogens with one attached hydrogen (secondary N) is 1. The molecule has 0 saturated carbocycles. The van der Waals surface area contributed by atoms with E-state index in [1.165, 1.54) is 23.5 Å². The summed E-state index contributed by atoms with van der Waals surface area (Å²) in [7, 11) is 0. The van der Waals surface area contributed by atoms with Gasteiger partial charge in [0.05, 0.1) is 10.4 Å². The van der Waals surface area contributed by atoms with Gasteiger partial charge in [-0.05, 0) is 29.8 Å². The molecule has 1 fully saturated rings. The molecule has 25 heavy (non-hydrogen) atoms. The van der Waals surface area contributed by atoms with E-state index in [4.69, 9.17) is 11.6 Å². The molecule has 9 heteroatoms. The fourth-order valence-electron chi connectivity index (χ4n) is 2.85. The molecule has 3 nitrogen and oxygen atoms in total. The van der Waals surface area contributed by atoms with E-state index in [1.807, 2.05) is 18.2 Å². The Balaban J connectivity index is 0.00000225. The standard InChI is InChI=1S/C16H16ClF3N2OS.ClH/c17-14-5-4-13(24-14)15(22-8-6-21-7-9-22)11-2-1-3-12(10-11)23-16(18,19)20;/h1-5,10,15,21H,6-9H2;1H/t15-;/m0./s1. The Morgan fingerprint density at radius 2 is 1.88 bits per heavy atom. The number of hydrogen-bond donors (Lipinski definition) is 1. The fourth-order valence-corrected chi connectivity index (χ4v) is 4.08. The van der Waals surface area contributed by atoms with Gasteiger partial charge in [-0.25, -0.2) is 0 Å². The van der Waals surface area contributed by atoms with Crippen molar-refractivity contribution in [1.82, 2.24) is 10.2 Å². The molecular formula is C16H17Cl2F3N2OS. The summed E-state index contributed by atoms with van der Waals surface area (Å²) in [5.41, 5.74) is 0.761. The molecule has 0 amide bonds. The average molecular weight is 413 g/mol. The first-order chi connectivity index (χ1) is 11.4. The molecule has 0 spiro atoms. The van der Waals surface area contributed by atoms with E-state index >= 15 is 0 Å². The summed E-state index contributed by atoms with van der Waals surface area (Å²) in [5.74, 6) is -0.206. The molecule has 138 valence electrons. The maximum atomic E-state index is 12.5. The molecule has 1 aromatic heterocycles. The minimum Gasteiger partial charge on any atom is -0.406 e. The van der Waals surface area contributed by atoms with Crippen molar-refractivity contribution < 1.29 is 17.9 Å². The molecule has 0 bridgehead atoms. The van der Waals surface area contributed by atoms with Gasteiger partial charge < -0.3 is 10.1 Å². The van der Waals surface area contributed by atoms with Crippen LogP contribution < -0.4 is 10.1 Å². The Morgan fingerprint density at radius 3 is 2.48 bits per heavy atom. The van der Waals surface area contributed by atoms with Crippen molar-refractivity contribution >= 4 is 35.3 Å². The van der Waals surface area contributed by atoms with Crippen molar-refractivity contribution in [3.05, 3.63) is 51.2 Å². The van der Waals surface area contributed by atoms with Gasteiger partial charge in [0.15, 0.2) is 0 Å². The van der Waals surface area contributed by atoms with Crippen molar-refractivity contribution in [2.24, 2.45) is 0 Å². The van der Waals surface area contributed by atoms with Crippen LogP contribution in [0.3, 0.4) is 0 Å². The van der Waals surface area contributed by atoms with E-state index in [0.29, 0.717) is 4.34 Å². The molecule has 1 aromatic carbocycles. The van der Waals surface area contributed by atoms with Gasteiger partial charge in [-0.1, -0.05) is 23.7 Å². The topological polar surface area (TPSA) is 24.5 Å². The van der Waals surface area contributed by atoms with Crippen LogP contribution in [0.4, 0.5) is 13.2 Å². The van der Waals surface area contributed by atoms with Crippen molar-refractivity contribution in [1.29, 1.82) is 0 Å². The van der Waals surface area contributed by atoms with Gasteiger partial charge >= 0.3 is 6.36 Å². The van der Waals surface area contributed by atoms with Gasteiger partial charge in [0.25, 0.3) is 0 Å². The summed E-state index contributed by atoms with van der Waals surface area (Å²) >= 11 is 7.51. The predicted octanol–water partition coefficient (Wildman–Crippen LogP) is 4.72. The van der Waals surface area contributed by atoms with Gasteiger partial charge in [-0.2, -0.15) is 0 Å². The molecule has 1 atom stereocenters. The molecule has 3 rings (SSSR count). The molecule has 1 N–H and O–H groups in total. The Hall–Kier alpha value is -0.990. The van der Waals surface area contributed by atoms with Crippen molar-refractivity contribution in [2.75, 3.05) is 26.2 Å². The Kier molecular flexibility index (Phi) is 6.99. The second-order valence-corrected chi connectivity index (χ2v) is 7.20. The molecule has 1 aliphatic rings. The number of piperazine rings is 1. The second-order valence-electron chi connectivity index (χ2n) is 5.45. The summed E-state index contributed by atoms with van der Waals surface area (Å²) in [6.45, 7) is 3.30. The highest BCUT2D eigenvalue weighted by atomic mass is 35.5. The molecular weight excluding hydrogens is 396 g/mol. The van der Waals surface area contributed by atoms with Crippen molar-refractivity contribution in [2.45, 2.75) is 12.4 Å². The molecule has 0 unspecified atom stereocenters. The number of rotatable bonds is 4. The van der Waals surface area contributed by atoms with Crippen LogP contribution in [0.1, 0.15) is 16.5 Å². The third kappa shape index (κ3) is 5.49. The van der Waals surface area contributed by atoms with Crippen LogP contribution in [0, 0.1) is 0 Å². The number of alkyl halides is 3. The lowest BCUT2D eigenvalue weighted by Gasteiger charge is -2.34. The van der Waals surface area contributed by atoms with Crippen molar-refractivity contribution in [3.63, 3.8) is 0 Å². The lowest BCUT2D eigenvalue weighted by molar-refractivity contribution is -0.274. The maximum absolute atomic E-state index is 12.5. The summed E-state index contributed by atoms with van der Waals surface area (Å²) in [4.78, 5) is 3.25. The maximum Gasteiger partial charge on any atom is 0.573 e. The van der Waals surface area contributed by atoms with E-state index in [9.17, 15) is 13.2 Å². The first-order valence-electron chi connectivity index (χ1n) is 7.48. The highest BCUT2D eigenvalue weighted by Crippen LogP contribution is 2.37. The minimum absolute atomic E-state index is 0. The van der Waals surface area contributed by atoms with E-state index in [-0.39, 0.29) is 24.2 Å². The molecule has 0 aliphatic carbocycles.